The van der Waals surface area contributed by atoms with Crippen LogP contribution in [0.5, 0.6) is 0 Å². The van der Waals surface area contributed by atoms with Crippen molar-refractivity contribution in [1.82, 2.24) is 0 Å². The van der Waals surface area contributed by atoms with E-state index in [-0.39, 0.29) is 5.91 Å². The largest absolute Gasteiger partial charge is 0.350 e. The summed E-state index contributed by atoms with van der Waals surface area (Å²) in [4.78, 5) is 28.3. The number of nitrogens with one attached hydrogen (secondary N) is 2. The van der Waals surface area contributed by atoms with Gasteiger partial charge in [0.2, 0.25) is 5.66 Å². The topological polar surface area (TPSA) is 61.4 Å². The maximum Gasteiger partial charge on any atom is 0.276 e. The second-order valence-corrected chi connectivity index (χ2v) is 7.46. The highest BCUT2D eigenvalue weighted by molar-refractivity contribution is 6.35. The number of rotatable bonds is 1. The van der Waals surface area contributed by atoms with Crippen LogP contribution in [0.1, 0.15) is 15.9 Å². The molecule has 3 aromatic carbocycles. The summed E-state index contributed by atoms with van der Waals surface area (Å²) in [6.07, 6.45) is 0. The summed E-state index contributed by atoms with van der Waals surface area (Å²) < 4.78 is 0. The van der Waals surface area contributed by atoms with Crippen molar-refractivity contribution in [3.8, 4) is 0 Å². The van der Waals surface area contributed by atoms with Gasteiger partial charge in [-0.2, -0.15) is 0 Å². The molecule has 2 N–H and O–H groups in total. The van der Waals surface area contributed by atoms with Crippen molar-refractivity contribution < 1.29 is 9.59 Å². The van der Waals surface area contributed by atoms with Gasteiger partial charge in [0.05, 0.1) is 16.3 Å². The van der Waals surface area contributed by atoms with Gasteiger partial charge in [-0.1, -0.05) is 53.5 Å². The van der Waals surface area contributed by atoms with Gasteiger partial charge in [-0.3, -0.25) is 14.5 Å². The highest BCUT2D eigenvalue weighted by atomic mass is 35.5. The second kappa shape index (κ2) is 5.99. The zero-order chi connectivity index (χ0) is 19.5. The predicted molar refractivity (Wildman–Crippen MR) is 110 cm³/mol. The Balaban J connectivity index is 1.84. The maximum atomic E-state index is 13.6. The average Bonchev–Trinajstić information content (AvgIpc) is 2.96. The molecule has 2 aliphatic rings. The molecule has 0 fully saturated rings. The molecule has 0 saturated heterocycles. The molecule has 0 aliphatic carbocycles. The fourth-order valence-corrected chi connectivity index (χ4v) is 4.26. The molecular formula is C21H13Cl2N3O2. The van der Waals surface area contributed by atoms with Crippen molar-refractivity contribution >= 4 is 52.1 Å². The molecule has 28 heavy (non-hydrogen) atoms. The van der Waals surface area contributed by atoms with Crippen LogP contribution in [-0.4, -0.2) is 11.8 Å². The third-order valence-corrected chi connectivity index (χ3v) is 5.60. The molecule has 3 aromatic rings. The first-order valence-electron chi connectivity index (χ1n) is 8.60. The van der Waals surface area contributed by atoms with E-state index in [1.807, 2.05) is 6.07 Å². The van der Waals surface area contributed by atoms with Crippen LogP contribution in [0.25, 0.3) is 0 Å². The molecule has 1 atom stereocenters. The summed E-state index contributed by atoms with van der Waals surface area (Å²) in [5.74, 6) is -0.696. The van der Waals surface area contributed by atoms with Crippen LogP contribution in [0.15, 0.2) is 66.7 Å². The van der Waals surface area contributed by atoms with Gasteiger partial charge in [-0.05, 0) is 36.4 Å². The van der Waals surface area contributed by atoms with E-state index in [1.54, 1.807) is 60.7 Å². The number of fused-ring (bicyclic) bond motifs is 3. The summed E-state index contributed by atoms with van der Waals surface area (Å²) in [7, 11) is 0. The molecule has 138 valence electrons. The first-order valence-corrected chi connectivity index (χ1v) is 9.36. The van der Waals surface area contributed by atoms with E-state index in [9.17, 15) is 9.59 Å². The Morgan fingerprint density at radius 2 is 1.68 bits per heavy atom. The van der Waals surface area contributed by atoms with Crippen LogP contribution >= 0.6 is 23.2 Å². The number of carbonyl (C=O) groups excluding carboxylic acids is 2. The maximum absolute atomic E-state index is 13.6. The van der Waals surface area contributed by atoms with Gasteiger partial charge in [-0.25, -0.2) is 0 Å². The molecular weight excluding hydrogens is 397 g/mol. The molecule has 0 saturated carbocycles. The van der Waals surface area contributed by atoms with Gasteiger partial charge in [0, 0.05) is 22.0 Å². The van der Waals surface area contributed by atoms with Gasteiger partial charge in [-0.15, -0.1) is 0 Å². The van der Waals surface area contributed by atoms with E-state index < -0.39 is 11.6 Å². The summed E-state index contributed by atoms with van der Waals surface area (Å²) in [6, 6.07) is 19.2. The van der Waals surface area contributed by atoms with Gasteiger partial charge < -0.3 is 10.6 Å². The molecule has 1 spiro atoms. The number of para-hydroxylation sites is 2. The number of nitrogens with zero attached hydrogens (tertiary/aromatic N) is 1. The molecule has 0 aromatic heterocycles. The van der Waals surface area contributed by atoms with E-state index >= 15 is 0 Å². The molecule has 2 aliphatic heterocycles. The van der Waals surface area contributed by atoms with Crippen molar-refractivity contribution in [3.63, 3.8) is 0 Å². The van der Waals surface area contributed by atoms with Crippen LogP contribution in [0.3, 0.4) is 0 Å². The van der Waals surface area contributed by atoms with Crippen LogP contribution in [-0.2, 0) is 10.5 Å². The first-order chi connectivity index (χ1) is 13.5. The van der Waals surface area contributed by atoms with Gasteiger partial charge in [0.15, 0.2) is 0 Å². The number of benzene rings is 3. The lowest BCUT2D eigenvalue weighted by atomic mass is 9.92. The van der Waals surface area contributed by atoms with Crippen molar-refractivity contribution in [2.75, 3.05) is 15.5 Å². The number of anilines is 3. The fourth-order valence-electron chi connectivity index (χ4n) is 3.85. The molecule has 5 nitrogen and oxygen atoms in total. The lowest BCUT2D eigenvalue weighted by Crippen LogP contribution is -2.61. The molecule has 7 heteroatoms. The summed E-state index contributed by atoms with van der Waals surface area (Å²) >= 11 is 12.5. The Bertz CT molecular complexity index is 1160. The predicted octanol–water partition coefficient (Wildman–Crippen LogP) is 4.87. The molecule has 0 radical (unpaired) electrons. The zero-order valence-corrected chi connectivity index (χ0v) is 15.9. The highest BCUT2D eigenvalue weighted by Gasteiger charge is 2.57. The Labute approximate surface area is 170 Å². The SMILES string of the molecule is O=C1c2ccccc2N[C@]2(C(=O)Nc3c(Cl)cccc32)N1c1cccc(Cl)c1. The van der Waals surface area contributed by atoms with E-state index in [1.165, 1.54) is 4.90 Å². The molecule has 0 bridgehead atoms. The van der Waals surface area contributed by atoms with E-state index in [4.69, 9.17) is 23.2 Å². The number of hydrogen-bond acceptors (Lipinski definition) is 3. The highest BCUT2D eigenvalue weighted by Crippen LogP contribution is 2.49. The Hall–Kier alpha value is -3.02. The Morgan fingerprint density at radius 1 is 0.893 bits per heavy atom. The standard InChI is InChI=1S/C21H13Cl2N3O2/c22-12-5-3-6-13(11-12)26-19(27)14-7-1-2-10-17(14)25-21(26)15-8-4-9-16(23)18(15)24-20(21)28/h1-11,25H,(H,24,28)/t21-/m0/s1. The number of hydrogen-bond donors (Lipinski definition) is 2. The second-order valence-electron chi connectivity index (χ2n) is 6.62. The lowest BCUT2D eigenvalue weighted by Gasteiger charge is -2.44. The first kappa shape index (κ1) is 17.1. The van der Waals surface area contributed by atoms with Crippen molar-refractivity contribution in [2.45, 2.75) is 5.66 Å². The molecule has 5 rings (SSSR count). The van der Waals surface area contributed by atoms with Gasteiger partial charge >= 0.3 is 0 Å². The molecule has 0 unspecified atom stereocenters. The third kappa shape index (κ3) is 2.20. The van der Waals surface area contributed by atoms with Crippen LogP contribution in [0.2, 0.25) is 10.0 Å². The summed E-state index contributed by atoms with van der Waals surface area (Å²) in [5.41, 5.74) is 1.14. The van der Waals surface area contributed by atoms with E-state index in [0.717, 1.165) is 0 Å². The van der Waals surface area contributed by atoms with Crippen LogP contribution in [0.4, 0.5) is 17.1 Å². The average molecular weight is 410 g/mol. The summed E-state index contributed by atoms with van der Waals surface area (Å²) in [5, 5.41) is 6.99. The minimum Gasteiger partial charge on any atom is -0.350 e. The van der Waals surface area contributed by atoms with E-state index in [0.29, 0.717) is 38.2 Å². The van der Waals surface area contributed by atoms with Gasteiger partial charge in [0.1, 0.15) is 0 Å². The number of amides is 2. The Kier molecular flexibility index (Phi) is 3.66. The number of halogens is 2. The van der Waals surface area contributed by atoms with Crippen molar-refractivity contribution in [3.05, 3.63) is 87.9 Å². The quantitative estimate of drug-likeness (QED) is 0.602. The molecule has 2 heterocycles. The minimum absolute atomic E-state index is 0.306. The van der Waals surface area contributed by atoms with E-state index in [2.05, 4.69) is 10.6 Å². The normalized spacial score (nSPS) is 19.9. The summed E-state index contributed by atoms with van der Waals surface area (Å²) in [6.45, 7) is 0. The number of carbonyl (C=O) groups is 2. The molecule has 2 amide bonds. The Morgan fingerprint density at radius 3 is 2.50 bits per heavy atom. The van der Waals surface area contributed by atoms with Crippen LogP contribution in [0, 0.1) is 0 Å². The van der Waals surface area contributed by atoms with Crippen molar-refractivity contribution in [1.29, 1.82) is 0 Å². The zero-order valence-electron chi connectivity index (χ0n) is 14.4. The minimum atomic E-state index is -1.48. The fraction of sp³-hybridized carbons (Fsp3) is 0.0476. The lowest BCUT2D eigenvalue weighted by molar-refractivity contribution is -0.119. The van der Waals surface area contributed by atoms with Crippen LogP contribution < -0.4 is 15.5 Å². The van der Waals surface area contributed by atoms with Crippen molar-refractivity contribution in [2.24, 2.45) is 0 Å². The third-order valence-electron chi connectivity index (χ3n) is 5.05. The smallest absolute Gasteiger partial charge is 0.276 e. The van der Waals surface area contributed by atoms with Gasteiger partial charge in [0.25, 0.3) is 11.8 Å². The monoisotopic (exact) mass is 409 g/mol.